The summed E-state index contributed by atoms with van der Waals surface area (Å²) in [6.45, 7) is 4.29. The van der Waals surface area contributed by atoms with Crippen LogP contribution < -0.4 is 0 Å². The number of benzene rings is 1. The lowest BCUT2D eigenvalue weighted by Gasteiger charge is -2.38. The minimum absolute atomic E-state index is 0.504. The van der Waals surface area contributed by atoms with Crippen molar-refractivity contribution in [2.24, 2.45) is 0 Å². The van der Waals surface area contributed by atoms with E-state index in [0.29, 0.717) is 6.04 Å². The van der Waals surface area contributed by atoms with E-state index < -0.39 is 0 Å². The van der Waals surface area contributed by atoms with Crippen molar-refractivity contribution in [3.05, 3.63) is 48.9 Å². The number of likely N-dealkylation sites (N-methyl/N-ethyl adjacent to an activating group) is 2. The molecule has 3 aromatic rings. The molecule has 3 heterocycles. The van der Waals surface area contributed by atoms with Crippen LogP contribution >= 0.6 is 0 Å². The van der Waals surface area contributed by atoms with Gasteiger partial charge >= 0.3 is 0 Å². The number of fused-ring (bicyclic) bond motifs is 1. The molecule has 4 rings (SSSR count). The number of nitrogens with zero attached hydrogens (tertiary/aromatic N) is 5. The number of hydrogen-bond acceptors (Lipinski definition) is 4. The summed E-state index contributed by atoms with van der Waals surface area (Å²) in [6.07, 6.45) is 5.83. The first-order valence-electron chi connectivity index (χ1n) is 8.46. The highest BCUT2D eigenvalue weighted by atomic mass is 15.3. The summed E-state index contributed by atoms with van der Waals surface area (Å²) < 4.78 is 2.28. The third-order valence-corrected chi connectivity index (χ3v) is 4.99. The zero-order valence-corrected chi connectivity index (χ0v) is 14.3. The Morgan fingerprint density at radius 2 is 1.96 bits per heavy atom. The molecule has 0 bridgehead atoms. The molecule has 0 spiro atoms. The maximum absolute atomic E-state index is 4.65. The lowest BCUT2D eigenvalue weighted by molar-refractivity contribution is 0.103. The van der Waals surface area contributed by atoms with E-state index in [9.17, 15) is 0 Å². The Hall–Kier alpha value is -2.24. The largest absolute Gasteiger partial charge is 0.329 e. The number of imidazole rings is 1. The van der Waals surface area contributed by atoms with Crippen molar-refractivity contribution in [3.63, 3.8) is 0 Å². The molecule has 0 radical (unpaired) electrons. The average molecular weight is 321 g/mol. The van der Waals surface area contributed by atoms with Gasteiger partial charge in [0.25, 0.3) is 0 Å². The molecule has 1 saturated heterocycles. The molecule has 1 aromatic carbocycles. The molecule has 5 heteroatoms. The SMILES string of the molecule is CN1CCN(C)C(Cn2ccnc2-c2cccc3ncccc23)C1. The summed E-state index contributed by atoms with van der Waals surface area (Å²) in [5.41, 5.74) is 2.16. The van der Waals surface area contributed by atoms with E-state index in [0.717, 1.165) is 48.5 Å². The molecule has 1 atom stereocenters. The molecule has 0 amide bonds. The molecule has 5 nitrogen and oxygen atoms in total. The van der Waals surface area contributed by atoms with Gasteiger partial charge in [-0.3, -0.25) is 9.88 Å². The molecule has 24 heavy (non-hydrogen) atoms. The number of piperazine rings is 1. The quantitative estimate of drug-likeness (QED) is 0.742. The molecule has 124 valence electrons. The first kappa shape index (κ1) is 15.3. The molecule has 0 aliphatic carbocycles. The van der Waals surface area contributed by atoms with Gasteiger partial charge < -0.3 is 9.47 Å². The fourth-order valence-corrected chi connectivity index (χ4v) is 3.52. The van der Waals surface area contributed by atoms with Crippen LogP contribution in [-0.2, 0) is 6.54 Å². The Morgan fingerprint density at radius 3 is 2.88 bits per heavy atom. The van der Waals surface area contributed by atoms with E-state index in [2.05, 4.69) is 68.9 Å². The molecule has 0 N–H and O–H groups in total. The summed E-state index contributed by atoms with van der Waals surface area (Å²) >= 11 is 0. The molecule has 1 fully saturated rings. The highest BCUT2D eigenvalue weighted by Gasteiger charge is 2.23. The second-order valence-electron chi connectivity index (χ2n) is 6.68. The van der Waals surface area contributed by atoms with Crippen molar-refractivity contribution in [1.82, 2.24) is 24.3 Å². The fourth-order valence-electron chi connectivity index (χ4n) is 3.52. The Balaban J connectivity index is 1.69. The number of aromatic nitrogens is 3. The van der Waals surface area contributed by atoms with Crippen LogP contribution in [-0.4, -0.2) is 64.1 Å². The highest BCUT2D eigenvalue weighted by molar-refractivity contribution is 5.92. The Labute approximate surface area is 142 Å². The van der Waals surface area contributed by atoms with Crippen LogP contribution in [0.5, 0.6) is 0 Å². The summed E-state index contributed by atoms with van der Waals surface area (Å²) in [5.74, 6) is 1.02. The van der Waals surface area contributed by atoms with E-state index in [1.54, 1.807) is 0 Å². The van der Waals surface area contributed by atoms with E-state index in [4.69, 9.17) is 0 Å². The second-order valence-corrected chi connectivity index (χ2v) is 6.68. The van der Waals surface area contributed by atoms with Gasteiger partial charge in [-0.2, -0.15) is 0 Å². The minimum Gasteiger partial charge on any atom is -0.329 e. The summed E-state index contributed by atoms with van der Waals surface area (Å²) in [4.78, 5) is 14.0. The minimum atomic E-state index is 0.504. The van der Waals surface area contributed by atoms with Crippen molar-refractivity contribution in [2.45, 2.75) is 12.6 Å². The molecule has 1 unspecified atom stereocenters. The molecule has 2 aromatic heterocycles. The second kappa shape index (κ2) is 6.34. The molecule has 1 aliphatic heterocycles. The van der Waals surface area contributed by atoms with Crippen LogP contribution in [0.2, 0.25) is 0 Å². The topological polar surface area (TPSA) is 37.2 Å². The Morgan fingerprint density at radius 1 is 1.04 bits per heavy atom. The summed E-state index contributed by atoms with van der Waals surface area (Å²) in [6, 6.07) is 10.9. The molecule has 1 aliphatic rings. The first-order chi connectivity index (χ1) is 11.7. The van der Waals surface area contributed by atoms with Crippen LogP contribution in [0, 0.1) is 0 Å². The van der Waals surface area contributed by atoms with E-state index >= 15 is 0 Å². The van der Waals surface area contributed by atoms with Gasteiger partial charge in [0.2, 0.25) is 0 Å². The van der Waals surface area contributed by atoms with Crippen molar-refractivity contribution in [2.75, 3.05) is 33.7 Å². The highest BCUT2D eigenvalue weighted by Crippen LogP contribution is 2.26. The van der Waals surface area contributed by atoms with Gasteiger partial charge in [0.1, 0.15) is 5.82 Å². The third kappa shape index (κ3) is 2.81. The smallest absolute Gasteiger partial charge is 0.140 e. The van der Waals surface area contributed by atoms with Crippen LogP contribution in [0.25, 0.3) is 22.3 Å². The van der Waals surface area contributed by atoms with Gasteiger partial charge in [-0.1, -0.05) is 18.2 Å². The zero-order chi connectivity index (χ0) is 16.5. The van der Waals surface area contributed by atoms with Crippen LogP contribution in [0.3, 0.4) is 0 Å². The van der Waals surface area contributed by atoms with Gasteiger partial charge in [-0.05, 0) is 26.2 Å². The Bertz CT molecular complexity index is 835. The van der Waals surface area contributed by atoms with Gasteiger partial charge in [0.05, 0.1) is 5.52 Å². The monoisotopic (exact) mass is 321 g/mol. The van der Waals surface area contributed by atoms with Gasteiger partial charge in [0, 0.05) is 61.8 Å². The van der Waals surface area contributed by atoms with Gasteiger partial charge in [-0.25, -0.2) is 4.98 Å². The maximum Gasteiger partial charge on any atom is 0.140 e. The predicted octanol–water partition coefficient (Wildman–Crippen LogP) is 2.34. The standard InChI is InChI=1S/C19H23N5/c1-22-11-12-23(2)15(13-22)14-24-10-9-21-19(24)17-5-3-7-18-16(17)6-4-8-20-18/h3-10,15H,11-14H2,1-2H3. The van der Waals surface area contributed by atoms with Crippen molar-refractivity contribution in [3.8, 4) is 11.4 Å². The first-order valence-corrected chi connectivity index (χ1v) is 8.46. The summed E-state index contributed by atoms with van der Waals surface area (Å²) in [5, 5.41) is 1.15. The van der Waals surface area contributed by atoms with Crippen LogP contribution in [0.15, 0.2) is 48.9 Å². The van der Waals surface area contributed by atoms with Crippen LogP contribution in [0.4, 0.5) is 0 Å². The van der Waals surface area contributed by atoms with Gasteiger partial charge in [0.15, 0.2) is 0 Å². The Kier molecular flexibility index (Phi) is 4.04. The lowest BCUT2D eigenvalue weighted by atomic mass is 10.1. The van der Waals surface area contributed by atoms with E-state index in [1.165, 1.54) is 0 Å². The average Bonchev–Trinajstić information content (AvgIpc) is 3.05. The van der Waals surface area contributed by atoms with E-state index in [-0.39, 0.29) is 0 Å². The van der Waals surface area contributed by atoms with Gasteiger partial charge in [-0.15, -0.1) is 0 Å². The van der Waals surface area contributed by atoms with Crippen LogP contribution in [0.1, 0.15) is 0 Å². The van der Waals surface area contributed by atoms with Crippen molar-refractivity contribution >= 4 is 10.9 Å². The molecule has 0 saturated carbocycles. The van der Waals surface area contributed by atoms with E-state index in [1.807, 2.05) is 18.5 Å². The lowest BCUT2D eigenvalue weighted by Crippen LogP contribution is -2.51. The maximum atomic E-state index is 4.65. The molecular formula is C19H23N5. The zero-order valence-electron chi connectivity index (χ0n) is 14.3. The number of rotatable bonds is 3. The summed E-state index contributed by atoms with van der Waals surface area (Å²) in [7, 11) is 4.42. The number of hydrogen-bond donors (Lipinski definition) is 0. The predicted molar refractivity (Wildman–Crippen MR) is 96.9 cm³/mol. The normalized spacial score (nSPS) is 19.8. The third-order valence-electron chi connectivity index (χ3n) is 4.99. The van der Waals surface area contributed by atoms with Crippen molar-refractivity contribution in [1.29, 1.82) is 0 Å². The van der Waals surface area contributed by atoms with Crippen molar-refractivity contribution < 1.29 is 0 Å². The fraction of sp³-hybridized carbons (Fsp3) is 0.368. The molecular weight excluding hydrogens is 298 g/mol. The number of pyridine rings is 1.